The highest BCUT2D eigenvalue weighted by atomic mass is 79.9. The maximum absolute atomic E-state index is 11.1. The van der Waals surface area contributed by atoms with Gasteiger partial charge in [-0.15, -0.1) is 0 Å². The van der Waals surface area contributed by atoms with Crippen LogP contribution in [0.1, 0.15) is 12.0 Å². The van der Waals surface area contributed by atoms with Crippen molar-refractivity contribution in [2.75, 3.05) is 0 Å². The highest BCUT2D eigenvalue weighted by Gasteiger charge is 2.60. The van der Waals surface area contributed by atoms with Crippen molar-refractivity contribution in [1.82, 2.24) is 0 Å². The number of aliphatic carboxylic acids is 1. The molecule has 1 fully saturated rings. The van der Waals surface area contributed by atoms with Gasteiger partial charge < -0.3 is 5.11 Å². The summed E-state index contributed by atoms with van der Waals surface area (Å²) < 4.78 is 0. The summed E-state index contributed by atoms with van der Waals surface area (Å²) in [5.74, 6) is -0.736. The number of hydrogen-bond acceptors (Lipinski definition) is 1. The average molecular weight is 241 g/mol. The topological polar surface area (TPSA) is 37.3 Å². The molecule has 68 valence electrons. The van der Waals surface area contributed by atoms with Gasteiger partial charge in [0.15, 0.2) is 0 Å². The monoisotopic (exact) mass is 240 g/mol. The zero-order chi connectivity index (χ0) is 9.47. The highest BCUT2D eigenvalue weighted by Crippen LogP contribution is 2.53. The molecular weight excluding hydrogens is 232 g/mol. The van der Waals surface area contributed by atoms with Gasteiger partial charge in [0.05, 0.1) is 0 Å². The van der Waals surface area contributed by atoms with Crippen LogP contribution >= 0.6 is 15.9 Å². The SMILES string of the molecule is O=C(O)[C@]1(c2ccccc2)C[C@H]1Br. The molecule has 1 aromatic carbocycles. The van der Waals surface area contributed by atoms with Gasteiger partial charge >= 0.3 is 5.97 Å². The summed E-state index contributed by atoms with van der Waals surface area (Å²) in [6, 6.07) is 9.38. The van der Waals surface area contributed by atoms with Crippen molar-refractivity contribution in [3.8, 4) is 0 Å². The Hall–Kier alpha value is -0.830. The van der Waals surface area contributed by atoms with E-state index in [4.69, 9.17) is 5.11 Å². The molecule has 1 aliphatic carbocycles. The van der Waals surface area contributed by atoms with E-state index in [-0.39, 0.29) is 4.83 Å². The van der Waals surface area contributed by atoms with Gasteiger partial charge in [0, 0.05) is 4.83 Å². The molecule has 1 saturated carbocycles. The van der Waals surface area contributed by atoms with Gasteiger partial charge in [0.25, 0.3) is 0 Å². The number of carboxylic acids is 1. The Morgan fingerprint density at radius 2 is 2.00 bits per heavy atom. The van der Waals surface area contributed by atoms with Gasteiger partial charge in [-0.05, 0) is 12.0 Å². The zero-order valence-electron chi connectivity index (χ0n) is 6.90. The fraction of sp³-hybridized carbons (Fsp3) is 0.300. The van der Waals surface area contributed by atoms with Crippen molar-refractivity contribution in [2.45, 2.75) is 16.7 Å². The van der Waals surface area contributed by atoms with Gasteiger partial charge in [0.2, 0.25) is 0 Å². The van der Waals surface area contributed by atoms with Crippen molar-refractivity contribution >= 4 is 21.9 Å². The van der Waals surface area contributed by atoms with Crippen LogP contribution < -0.4 is 0 Å². The lowest BCUT2D eigenvalue weighted by atomic mass is 9.96. The third-order valence-electron chi connectivity index (χ3n) is 2.55. The lowest BCUT2D eigenvalue weighted by molar-refractivity contribution is -0.139. The Morgan fingerprint density at radius 1 is 1.46 bits per heavy atom. The summed E-state index contributed by atoms with van der Waals surface area (Å²) >= 11 is 3.36. The van der Waals surface area contributed by atoms with Crippen LogP contribution in [0.5, 0.6) is 0 Å². The summed E-state index contributed by atoms with van der Waals surface area (Å²) in [5.41, 5.74) is 0.228. The third kappa shape index (κ3) is 1.18. The molecule has 0 saturated heterocycles. The maximum atomic E-state index is 11.1. The molecule has 13 heavy (non-hydrogen) atoms. The third-order valence-corrected chi connectivity index (χ3v) is 3.65. The summed E-state index contributed by atoms with van der Waals surface area (Å²) in [4.78, 5) is 11.1. The normalized spacial score (nSPS) is 31.3. The van der Waals surface area contributed by atoms with E-state index in [1.54, 1.807) is 0 Å². The lowest BCUT2D eigenvalue weighted by Crippen LogP contribution is -2.22. The van der Waals surface area contributed by atoms with Crippen molar-refractivity contribution in [1.29, 1.82) is 0 Å². The van der Waals surface area contributed by atoms with Crippen LogP contribution in [0, 0.1) is 0 Å². The number of hydrogen-bond donors (Lipinski definition) is 1. The second-order valence-corrected chi connectivity index (χ2v) is 4.42. The Balaban J connectivity index is 2.40. The number of carboxylic acid groups (broad SMARTS) is 1. The van der Waals surface area contributed by atoms with Crippen LogP contribution in [0.25, 0.3) is 0 Å². The molecule has 1 aliphatic rings. The predicted octanol–water partition coefficient (Wildman–Crippen LogP) is 2.18. The minimum Gasteiger partial charge on any atom is -0.481 e. The first kappa shape index (κ1) is 8.75. The Labute approximate surface area is 84.7 Å². The summed E-state index contributed by atoms with van der Waals surface area (Å²) in [5, 5.41) is 9.10. The molecule has 0 heterocycles. The zero-order valence-corrected chi connectivity index (χ0v) is 8.49. The van der Waals surface area contributed by atoms with Gasteiger partial charge in [-0.25, -0.2) is 0 Å². The average Bonchev–Trinajstić information content (AvgIpc) is 2.80. The molecule has 1 N–H and O–H groups in total. The molecule has 0 aromatic heterocycles. The maximum Gasteiger partial charge on any atom is 0.315 e. The van der Waals surface area contributed by atoms with E-state index in [0.29, 0.717) is 6.42 Å². The fourth-order valence-electron chi connectivity index (χ4n) is 1.60. The van der Waals surface area contributed by atoms with Gasteiger partial charge in [-0.1, -0.05) is 46.3 Å². The van der Waals surface area contributed by atoms with Crippen LogP contribution in [-0.4, -0.2) is 15.9 Å². The molecule has 0 bridgehead atoms. The quantitative estimate of drug-likeness (QED) is 0.805. The summed E-state index contributed by atoms with van der Waals surface area (Å²) in [6.07, 6.45) is 0.687. The highest BCUT2D eigenvalue weighted by molar-refractivity contribution is 9.09. The first-order valence-electron chi connectivity index (χ1n) is 4.11. The number of alkyl halides is 1. The van der Waals surface area contributed by atoms with Crippen LogP contribution in [-0.2, 0) is 10.2 Å². The number of rotatable bonds is 2. The smallest absolute Gasteiger partial charge is 0.315 e. The molecule has 0 amide bonds. The molecule has 1 aromatic rings. The molecule has 0 unspecified atom stereocenters. The van der Waals surface area contributed by atoms with Crippen LogP contribution in [0.15, 0.2) is 30.3 Å². The van der Waals surface area contributed by atoms with E-state index < -0.39 is 11.4 Å². The van der Waals surface area contributed by atoms with Crippen molar-refractivity contribution in [3.63, 3.8) is 0 Å². The molecule has 0 radical (unpaired) electrons. The fourth-order valence-corrected chi connectivity index (χ4v) is 2.57. The van der Waals surface area contributed by atoms with E-state index in [9.17, 15) is 4.79 Å². The van der Waals surface area contributed by atoms with Crippen molar-refractivity contribution in [2.24, 2.45) is 0 Å². The first-order chi connectivity index (χ1) is 6.18. The van der Waals surface area contributed by atoms with E-state index in [0.717, 1.165) is 5.56 Å². The van der Waals surface area contributed by atoms with E-state index >= 15 is 0 Å². The van der Waals surface area contributed by atoms with Crippen LogP contribution in [0.4, 0.5) is 0 Å². The molecule has 2 rings (SSSR count). The Morgan fingerprint density at radius 3 is 2.38 bits per heavy atom. The summed E-state index contributed by atoms with van der Waals surface area (Å²) in [6.45, 7) is 0. The van der Waals surface area contributed by atoms with Gasteiger partial charge in [-0.2, -0.15) is 0 Å². The van der Waals surface area contributed by atoms with Crippen LogP contribution in [0.2, 0.25) is 0 Å². The number of benzene rings is 1. The minimum absolute atomic E-state index is 0.0832. The van der Waals surface area contributed by atoms with E-state index in [1.165, 1.54) is 0 Å². The van der Waals surface area contributed by atoms with Crippen molar-refractivity contribution < 1.29 is 9.90 Å². The number of carbonyl (C=O) groups is 1. The molecule has 3 heteroatoms. The van der Waals surface area contributed by atoms with Crippen molar-refractivity contribution in [3.05, 3.63) is 35.9 Å². The minimum atomic E-state index is -0.736. The lowest BCUT2D eigenvalue weighted by Gasteiger charge is -2.09. The molecule has 2 nitrogen and oxygen atoms in total. The summed E-state index contributed by atoms with van der Waals surface area (Å²) in [7, 11) is 0. The van der Waals surface area contributed by atoms with Gasteiger partial charge in [-0.3, -0.25) is 4.79 Å². The first-order valence-corrected chi connectivity index (χ1v) is 5.02. The van der Waals surface area contributed by atoms with Gasteiger partial charge in [0.1, 0.15) is 5.41 Å². The standard InChI is InChI=1S/C10H9BrO2/c11-8-6-10(8,9(12)13)7-4-2-1-3-5-7/h1-5,8H,6H2,(H,12,13)/t8-,10+/m1/s1. The molecule has 2 atom stereocenters. The molecular formula is C10H9BrO2. The Bertz CT molecular complexity index is 336. The second-order valence-electron chi connectivity index (χ2n) is 3.31. The second kappa shape index (κ2) is 2.84. The predicted molar refractivity (Wildman–Crippen MR) is 53.1 cm³/mol. The molecule has 0 aliphatic heterocycles. The Kier molecular flexibility index (Phi) is 1.91. The van der Waals surface area contributed by atoms with E-state index in [1.807, 2.05) is 30.3 Å². The van der Waals surface area contributed by atoms with Crippen LogP contribution in [0.3, 0.4) is 0 Å². The van der Waals surface area contributed by atoms with E-state index in [2.05, 4.69) is 15.9 Å². The largest absolute Gasteiger partial charge is 0.481 e. The number of halogens is 1. The molecule has 0 spiro atoms.